The van der Waals surface area contributed by atoms with Crippen LogP contribution in [-0.2, 0) is 9.84 Å². The Bertz CT molecular complexity index is 263. The van der Waals surface area contributed by atoms with E-state index in [9.17, 15) is 13.5 Å². The molecule has 0 aliphatic heterocycles. The van der Waals surface area contributed by atoms with Gasteiger partial charge < -0.3 is 10.4 Å². The predicted molar refractivity (Wildman–Crippen MR) is 67.3 cm³/mol. The van der Waals surface area contributed by atoms with Crippen LogP contribution >= 0.6 is 0 Å². The Hall–Kier alpha value is -0.130. The van der Waals surface area contributed by atoms with Crippen molar-refractivity contribution in [3.8, 4) is 0 Å². The first-order valence-electron chi connectivity index (χ1n) is 6.01. The molecule has 0 radical (unpaired) electrons. The van der Waals surface area contributed by atoms with Gasteiger partial charge in [-0.05, 0) is 25.8 Å². The van der Waals surface area contributed by atoms with E-state index in [1.807, 2.05) is 13.8 Å². The molecule has 0 unspecified atom stereocenters. The third kappa shape index (κ3) is 5.27. The molecule has 0 aromatic heterocycles. The summed E-state index contributed by atoms with van der Waals surface area (Å²) in [5.74, 6) is 0.436. The van der Waals surface area contributed by atoms with Gasteiger partial charge in [-0.15, -0.1) is 0 Å². The van der Waals surface area contributed by atoms with E-state index >= 15 is 0 Å². The van der Waals surface area contributed by atoms with Gasteiger partial charge in [0.1, 0.15) is 9.84 Å². The van der Waals surface area contributed by atoms with Gasteiger partial charge in [-0.25, -0.2) is 8.42 Å². The zero-order chi connectivity index (χ0) is 12.7. The van der Waals surface area contributed by atoms with Gasteiger partial charge in [0.15, 0.2) is 0 Å². The quantitative estimate of drug-likeness (QED) is 0.599. The summed E-state index contributed by atoms with van der Waals surface area (Å²) in [6.07, 6.45) is 2.30. The fraction of sp³-hybridized carbons (Fsp3) is 1.00. The molecule has 0 heterocycles. The largest absolute Gasteiger partial charge is 0.394 e. The van der Waals surface area contributed by atoms with Crippen molar-refractivity contribution in [3.05, 3.63) is 0 Å². The molecule has 16 heavy (non-hydrogen) atoms. The Morgan fingerprint density at radius 2 is 1.75 bits per heavy atom. The lowest BCUT2D eigenvalue weighted by Crippen LogP contribution is -2.48. The lowest BCUT2D eigenvalue weighted by Gasteiger charge is -2.30. The van der Waals surface area contributed by atoms with Gasteiger partial charge in [-0.3, -0.25) is 0 Å². The highest BCUT2D eigenvalue weighted by Crippen LogP contribution is 2.13. The van der Waals surface area contributed by atoms with E-state index in [1.165, 1.54) is 0 Å². The van der Waals surface area contributed by atoms with Crippen molar-refractivity contribution in [3.63, 3.8) is 0 Å². The molecule has 0 rings (SSSR count). The summed E-state index contributed by atoms with van der Waals surface area (Å²) in [4.78, 5) is 0. The van der Waals surface area contributed by atoms with Gasteiger partial charge in [0.2, 0.25) is 0 Å². The molecule has 0 aliphatic carbocycles. The Morgan fingerprint density at radius 3 is 2.12 bits per heavy atom. The number of rotatable bonds is 9. The molecule has 0 spiro atoms. The van der Waals surface area contributed by atoms with Crippen LogP contribution in [0.5, 0.6) is 0 Å². The molecule has 0 atom stereocenters. The molecule has 98 valence electrons. The van der Waals surface area contributed by atoms with E-state index in [-0.39, 0.29) is 23.7 Å². The molecule has 0 amide bonds. The fourth-order valence-electron chi connectivity index (χ4n) is 1.57. The van der Waals surface area contributed by atoms with Crippen LogP contribution in [0.3, 0.4) is 0 Å². The second-order valence-corrected chi connectivity index (χ2v) is 6.63. The third-order valence-electron chi connectivity index (χ3n) is 3.23. The van der Waals surface area contributed by atoms with Crippen molar-refractivity contribution in [2.75, 3.05) is 24.7 Å². The van der Waals surface area contributed by atoms with Crippen LogP contribution in [-0.4, -0.2) is 43.7 Å². The lowest BCUT2D eigenvalue weighted by atomic mass is 9.94. The number of aliphatic hydroxyl groups is 1. The highest BCUT2D eigenvalue weighted by Gasteiger charge is 2.23. The molecule has 0 bridgehead atoms. The monoisotopic (exact) mass is 251 g/mol. The first-order chi connectivity index (χ1) is 7.45. The maximum absolute atomic E-state index is 11.3. The van der Waals surface area contributed by atoms with Crippen molar-refractivity contribution in [1.82, 2.24) is 5.32 Å². The van der Waals surface area contributed by atoms with Gasteiger partial charge in [0.05, 0.1) is 12.4 Å². The van der Waals surface area contributed by atoms with Gasteiger partial charge in [0.25, 0.3) is 0 Å². The average Bonchev–Trinajstić information content (AvgIpc) is 2.30. The highest BCUT2D eigenvalue weighted by atomic mass is 32.2. The molecule has 0 saturated carbocycles. The van der Waals surface area contributed by atoms with Gasteiger partial charge >= 0.3 is 0 Å². The number of hydrogen-bond donors (Lipinski definition) is 2. The molecular weight excluding hydrogens is 226 g/mol. The van der Waals surface area contributed by atoms with Crippen LogP contribution in [0.1, 0.15) is 40.0 Å². The summed E-state index contributed by atoms with van der Waals surface area (Å²) in [6, 6.07) is 0. The molecular formula is C11H25NO3S. The van der Waals surface area contributed by atoms with Crippen LogP contribution in [0, 0.1) is 0 Å². The predicted octanol–water partition coefficient (Wildman–Crippen LogP) is 0.952. The Balaban J connectivity index is 3.97. The summed E-state index contributed by atoms with van der Waals surface area (Å²) in [6.45, 7) is 6.45. The number of nitrogens with one attached hydrogen (secondary N) is 1. The molecule has 0 fully saturated rings. The van der Waals surface area contributed by atoms with Gasteiger partial charge in [-0.2, -0.15) is 0 Å². The van der Waals surface area contributed by atoms with E-state index in [2.05, 4.69) is 5.32 Å². The molecule has 0 aliphatic rings. The second kappa shape index (κ2) is 7.25. The van der Waals surface area contributed by atoms with Crippen LogP contribution < -0.4 is 5.32 Å². The summed E-state index contributed by atoms with van der Waals surface area (Å²) >= 11 is 0. The van der Waals surface area contributed by atoms with E-state index in [1.54, 1.807) is 6.92 Å². The van der Waals surface area contributed by atoms with Crippen LogP contribution in [0.25, 0.3) is 0 Å². The van der Waals surface area contributed by atoms with E-state index in [0.717, 1.165) is 12.8 Å². The van der Waals surface area contributed by atoms with Crippen molar-refractivity contribution in [2.45, 2.75) is 45.6 Å². The minimum atomic E-state index is -2.86. The lowest BCUT2D eigenvalue weighted by molar-refractivity contribution is 0.151. The SMILES string of the molecule is CCC(CC)(CO)NCCCS(=O)(=O)CC. The molecule has 0 aromatic carbocycles. The molecule has 0 aromatic rings. The number of hydrogen-bond acceptors (Lipinski definition) is 4. The minimum Gasteiger partial charge on any atom is -0.394 e. The fourth-order valence-corrected chi connectivity index (χ4v) is 2.44. The molecule has 2 N–H and O–H groups in total. The molecule has 5 heteroatoms. The summed E-state index contributed by atoms with van der Waals surface area (Å²) in [5.41, 5.74) is -0.240. The van der Waals surface area contributed by atoms with Crippen molar-refractivity contribution in [1.29, 1.82) is 0 Å². The van der Waals surface area contributed by atoms with Crippen molar-refractivity contribution < 1.29 is 13.5 Å². The molecule has 4 nitrogen and oxygen atoms in total. The van der Waals surface area contributed by atoms with Gasteiger partial charge in [-0.1, -0.05) is 20.8 Å². The Labute approximate surface area is 99.4 Å². The maximum atomic E-state index is 11.3. The first kappa shape index (κ1) is 15.9. The topological polar surface area (TPSA) is 66.4 Å². The summed E-state index contributed by atoms with van der Waals surface area (Å²) in [5, 5.41) is 12.6. The Morgan fingerprint density at radius 1 is 1.19 bits per heavy atom. The maximum Gasteiger partial charge on any atom is 0.150 e. The molecule has 0 saturated heterocycles. The normalized spacial score (nSPS) is 13.0. The zero-order valence-corrected chi connectivity index (χ0v) is 11.4. The number of sulfone groups is 1. The first-order valence-corrected chi connectivity index (χ1v) is 7.83. The smallest absolute Gasteiger partial charge is 0.150 e. The highest BCUT2D eigenvalue weighted by molar-refractivity contribution is 7.91. The van der Waals surface area contributed by atoms with Crippen LogP contribution in [0.4, 0.5) is 0 Å². The Kier molecular flexibility index (Phi) is 7.19. The van der Waals surface area contributed by atoms with E-state index < -0.39 is 9.84 Å². The summed E-state index contributed by atoms with van der Waals surface area (Å²) < 4.78 is 22.5. The third-order valence-corrected chi connectivity index (χ3v) is 5.02. The van der Waals surface area contributed by atoms with E-state index in [4.69, 9.17) is 0 Å². The minimum absolute atomic E-state index is 0.0977. The second-order valence-electron chi connectivity index (χ2n) is 4.16. The van der Waals surface area contributed by atoms with Gasteiger partial charge in [0, 0.05) is 11.3 Å². The van der Waals surface area contributed by atoms with E-state index in [0.29, 0.717) is 13.0 Å². The standard InChI is InChI=1S/C11H25NO3S/c1-4-11(5-2,10-13)12-8-7-9-16(14,15)6-3/h12-13H,4-10H2,1-3H3. The number of aliphatic hydroxyl groups excluding tert-OH is 1. The van der Waals surface area contributed by atoms with Crippen molar-refractivity contribution >= 4 is 9.84 Å². The average molecular weight is 251 g/mol. The van der Waals surface area contributed by atoms with Crippen LogP contribution in [0.2, 0.25) is 0 Å². The summed E-state index contributed by atoms with van der Waals surface area (Å²) in [7, 11) is -2.86. The van der Waals surface area contributed by atoms with Crippen LogP contribution in [0.15, 0.2) is 0 Å². The van der Waals surface area contributed by atoms with Crippen molar-refractivity contribution in [2.24, 2.45) is 0 Å². The zero-order valence-electron chi connectivity index (χ0n) is 10.6.